The van der Waals surface area contributed by atoms with E-state index in [0.717, 1.165) is 17.7 Å². The maximum atomic E-state index is 13.7. The molecule has 8 nitrogen and oxygen atoms in total. The molecular weight excluding hydrogens is 554 g/mol. The van der Waals surface area contributed by atoms with Crippen molar-refractivity contribution >= 4 is 51.6 Å². The van der Waals surface area contributed by atoms with Gasteiger partial charge in [-0.2, -0.15) is 0 Å². The maximum Gasteiger partial charge on any atom is 0.272 e. The van der Waals surface area contributed by atoms with E-state index in [1.807, 2.05) is 0 Å². The van der Waals surface area contributed by atoms with Crippen LogP contribution in [0, 0.1) is 17.6 Å². The lowest BCUT2D eigenvalue weighted by Gasteiger charge is -2.12. The molecule has 0 atom stereocenters. The van der Waals surface area contributed by atoms with Gasteiger partial charge in [-0.25, -0.2) is 8.78 Å². The molecule has 0 saturated heterocycles. The number of hydrogen-bond acceptors (Lipinski definition) is 4. The number of ether oxygens (including phenoxy) is 1. The third kappa shape index (κ3) is 7.08. The molecule has 1 aromatic heterocycles. The molecule has 0 saturated carbocycles. The molecule has 0 radical (unpaired) electrons. The molecule has 0 bridgehead atoms. The molecule has 4 aromatic rings. The molecule has 4 rings (SSSR count). The summed E-state index contributed by atoms with van der Waals surface area (Å²) in [5.41, 5.74) is 2.51. The van der Waals surface area contributed by atoms with Crippen LogP contribution in [0.25, 0.3) is 10.9 Å². The first-order valence-corrected chi connectivity index (χ1v) is 13.2. The Labute approximate surface area is 240 Å². The molecule has 0 aliphatic heterocycles. The maximum absolute atomic E-state index is 13.7. The van der Waals surface area contributed by atoms with Gasteiger partial charge in [0.1, 0.15) is 5.69 Å². The van der Waals surface area contributed by atoms with Gasteiger partial charge < -0.3 is 25.3 Å². The van der Waals surface area contributed by atoms with Gasteiger partial charge in [0.25, 0.3) is 11.8 Å². The highest BCUT2D eigenvalue weighted by Gasteiger charge is 2.18. The van der Waals surface area contributed by atoms with Crippen LogP contribution in [0.5, 0.6) is 0 Å². The summed E-state index contributed by atoms with van der Waals surface area (Å²) in [5.74, 6) is -3.33. The molecule has 0 aliphatic rings. The van der Waals surface area contributed by atoms with Crippen molar-refractivity contribution in [3.63, 3.8) is 0 Å². The van der Waals surface area contributed by atoms with Crippen LogP contribution < -0.4 is 16.0 Å². The van der Waals surface area contributed by atoms with Crippen LogP contribution in [-0.2, 0) is 22.6 Å². The summed E-state index contributed by atoms with van der Waals surface area (Å²) in [6, 6.07) is 14.9. The lowest BCUT2D eigenvalue weighted by molar-refractivity contribution is -0.124. The fourth-order valence-electron chi connectivity index (χ4n) is 4.18. The molecule has 3 aromatic carbocycles. The SMILES string of the molecule is COCCn1c(C(=O)Nc2ccc(F)c(F)c2)cc2cc(NC(=O)c3cc(CNC(=O)C(C)C)ccc3Cl)ccc21. The van der Waals surface area contributed by atoms with E-state index in [9.17, 15) is 23.2 Å². The molecule has 11 heteroatoms. The molecule has 0 unspecified atom stereocenters. The van der Waals surface area contributed by atoms with Gasteiger partial charge in [-0.3, -0.25) is 14.4 Å². The van der Waals surface area contributed by atoms with Gasteiger partial charge in [-0.05, 0) is 54.1 Å². The molecule has 0 fully saturated rings. The third-order valence-electron chi connectivity index (χ3n) is 6.35. The van der Waals surface area contributed by atoms with Crippen molar-refractivity contribution < 1.29 is 27.9 Å². The Balaban J connectivity index is 1.57. The average Bonchev–Trinajstić information content (AvgIpc) is 3.30. The van der Waals surface area contributed by atoms with Crippen LogP contribution in [-0.4, -0.2) is 36.0 Å². The highest BCUT2D eigenvalue weighted by molar-refractivity contribution is 6.34. The number of benzene rings is 3. The first kappa shape index (κ1) is 29.7. The first-order valence-electron chi connectivity index (χ1n) is 12.8. The Morgan fingerprint density at radius 2 is 1.61 bits per heavy atom. The van der Waals surface area contributed by atoms with Crippen LogP contribution in [0.1, 0.15) is 40.3 Å². The van der Waals surface area contributed by atoms with Gasteiger partial charge in [-0.1, -0.05) is 31.5 Å². The largest absolute Gasteiger partial charge is 0.383 e. The second-order valence-electron chi connectivity index (χ2n) is 9.67. The fourth-order valence-corrected chi connectivity index (χ4v) is 4.38. The van der Waals surface area contributed by atoms with Crippen molar-refractivity contribution in [2.45, 2.75) is 26.9 Å². The van der Waals surface area contributed by atoms with E-state index in [2.05, 4.69) is 16.0 Å². The van der Waals surface area contributed by atoms with Crippen molar-refractivity contribution in [3.8, 4) is 0 Å². The van der Waals surface area contributed by atoms with Crippen molar-refractivity contribution in [3.05, 3.63) is 94.1 Å². The summed E-state index contributed by atoms with van der Waals surface area (Å²) >= 11 is 6.31. The number of carbonyl (C=O) groups excluding carboxylic acids is 3. The zero-order valence-electron chi connectivity index (χ0n) is 22.7. The molecular formula is C30H29ClF2N4O4. The number of rotatable bonds is 10. The van der Waals surface area contributed by atoms with Crippen molar-refractivity contribution in [1.29, 1.82) is 0 Å². The van der Waals surface area contributed by atoms with E-state index >= 15 is 0 Å². The van der Waals surface area contributed by atoms with Crippen LogP contribution in [0.15, 0.2) is 60.7 Å². The Kier molecular flexibility index (Phi) is 9.36. The second-order valence-corrected chi connectivity index (χ2v) is 10.1. The van der Waals surface area contributed by atoms with E-state index in [4.69, 9.17) is 16.3 Å². The quantitative estimate of drug-likeness (QED) is 0.214. The van der Waals surface area contributed by atoms with E-state index in [-0.39, 0.29) is 40.3 Å². The monoisotopic (exact) mass is 582 g/mol. The van der Waals surface area contributed by atoms with E-state index in [1.165, 1.54) is 6.07 Å². The Morgan fingerprint density at radius 1 is 0.902 bits per heavy atom. The van der Waals surface area contributed by atoms with Gasteiger partial charge in [0, 0.05) is 54.5 Å². The zero-order valence-corrected chi connectivity index (χ0v) is 23.4. The third-order valence-corrected chi connectivity index (χ3v) is 6.68. The number of nitrogens with one attached hydrogen (secondary N) is 3. The highest BCUT2D eigenvalue weighted by atomic mass is 35.5. The molecule has 3 N–H and O–H groups in total. The number of halogens is 3. The van der Waals surface area contributed by atoms with Gasteiger partial charge in [-0.15, -0.1) is 0 Å². The first-order chi connectivity index (χ1) is 19.6. The number of hydrogen-bond donors (Lipinski definition) is 3. The second kappa shape index (κ2) is 12.9. The van der Waals surface area contributed by atoms with Crippen LogP contribution in [0.2, 0.25) is 5.02 Å². The fraction of sp³-hybridized carbons (Fsp3) is 0.233. The topological polar surface area (TPSA) is 101 Å². The summed E-state index contributed by atoms with van der Waals surface area (Å²) in [6.07, 6.45) is 0. The smallest absolute Gasteiger partial charge is 0.272 e. The zero-order chi connectivity index (χ0) is 29.7. The Bertz CT molecular complexity index is 1620. The van der Waals surface area contributed by atoms with Crippen molar-refractivity contribution in [2.24, 2.45) is 5.92 Å². The predicted molar refractivity (Wildman–Crippen MR) is 154 cm³/mol. The number of anilines is 2. The summed E-state index contributed by atoms with van der Waals surface area (Å²) in [7, 11) is 1.54. The number of nitrogens with zero attached hydrogens (tertiary/aromatic N) is 1. The summed E-state index contributed by atoms with van der Waals surface area (Å²) in [5, 5.41) is 9.15. The van der Waals surface area contributed by atoms with Gasteiger partial charge >= 0.3 is 0 Å². The van der Waals surface area contributed by atoms with Crippen LogP contribution >= 0.6 is 11.6 Å². The summed E-state index contributed by atoms with van der Waals surface area (Å²) in [4.78, 5) is 38.1. The lowest BCUT2D eigenvalue weighted by Crippen LogP contribution is -2.27. The van der Waals surface area contributed by atoms with Gasteiger partial charge in [0.15, 0.2) is 11.6 Å². The number of methoxy groups -OCH3 is 1. The van der Waals surface area contributed by atoms with Crippen molar-refractivity contribution in [2.75, 3.05) is 24.4 Å². The standard InChI is InChI=1S/C30H29ClF2N4O4/c1-17(2)28(38)34-16-18-4-7-23(31)22(12-18)29(39)35-20-6-9-26-19(13-20)14-27(37(26)10-11-41-3)30(40)36-21-5-8-24(32)25(33)15-21/h4-9,12-15,17H,10-11,16H2,1-3H3,(H,34,38)(H,35,39)(H,36,40). The van der Waals surface area contributed by atoms with Crippen LogP contribution in [0.3, 0.4) is 0 Å². The van der Waals surface area contributed by atoms with Gasteiger partial charge in [0.05, 0.1) is 17.2 Å². The molecule has 3 amide bonds. The Morgan fingerprint density at radius 3 is 2.32 bits per heavy atom. The van der Waals surface area contributed by atoms with E-state index in [0.29, 0.717) is 29.7 Å². The van der Waals surface area contributed by atoms with Crippen LogP contribution in [0.4, 0.5) is 20.2 Å². The van der Waals surface area contributed by atoms with Crippen molar-refractivity contribution in [1.82, 2.24) is 9.88 Å². The normalized spacial score (nSPS) is 11.1. The highest BCUT2D eigenvalue weighted by Crippen LogP contribution is 2.26. The van der Waals surface area contributed by atoms with E-state index < -0.39 is 23.4 Å². The molecule has 41 heavy (non-hydrogen) atoms. The number of amides is 3. The predicted octanol–water partition coefficient (Wildman–Crippen LogP) is 6.00. The van der Waals surface area contributed by atoms with Gasteiger partial charge in [0.2, 0.25) is 5.91 Å². The summed E-state index contributed by atoms with van der Waals surface area (Å²) < 4.78 is 33.9. The summed E-state index contributed by atoms with van der Waals surface area (Å²) in [6.45, 7) is 4.51. The average molecular weight is 583 g/mol. The number of fused-ring (bicyclic) bond motifs is 1. The molecule has 0 aliphatic carbocycles. The van der Waals surface area contributed by atoms with E-state index in [1.54, 1.807) is 68.0 Å². The number of aromatic nitrogens is 1. The molecule has 214 valence electrons. The number of carbonyl (C=O) groups is 3. The molecule has 1 heterocycles. The minimum Gasteiger partial charge on any atom is -0.383 e. The minimum absolute atomic E-state index is 0.102. The molecule has 0 spiro atoms. The Hall–Kier alpha value is -4.28. The minimum atomic E-state index is -1.07. The lowest BCUT2D eigenvalue weighted by atomic mass is 10.1.